The van der Waals surface area contributed by atoms with Crippen LogP contribution in [0, 0.1) is 5.82 Å². The fourth-order valence-electron chi connectivity index (χ4n) is 2.74. The number of methoxy groups -OCH3 is 1. The Morgan fingerprint density at radius 3 is 2.29 bits per heavy atom. The molecule has 0 aromatic heterocycles. The van der Waals surface area contributed by atoms with Gasteiger partial charge in [-0.25, -0.2) is 4.39 Å². The molecule has 0 saturated carbocycles. The standard InChI is InChI=1S/C17H29FN2O/c1-12(2)20(13(3)4)11-10-19-14(5)17-15(18)8-7-9-16(17)21-6/h7-9,12-14,19H,10-11H2,1-6H3. The molecule has 0 radical (unpaired) electrons. The van der Waals surface area contributed by atoms with E-state index in [-0.39, 0.29) is 11.9 Å². The summed E-state index contributed by atoms with van der Waals surface area (Å²) in [5, 5.41) is 3.39. The van der Waals surface area contributed by atoms with E-state index in [2.05, 4.69) is 37.9 Å². The molecule has 3 nitrogen and oxygen atoms in total. The molecule has 0 aliphatic heterocycles. The largest absolute Gasteiger partial charge is 0.496 e. The monoisotopic (exact) mass is 296 g/mol. The van der Waals surface area contributed by atoms with E-state index in [1.54, 1.807) is 19.2 Å². The summed E-state index contributed by atoms with van der Waals surface area (Å²) in [5.41, 5.74) is 0.598. The normalized spacial score (nSPS) is 13.2. The maximum absolute atomic E-state index is 14.0. The lowest BCUT2D eigenvalue weighted by atomic mass is 10.1. The van der Waals surface area contributed by atoms with Crippen LogP contribution < -0.4 is 10.1 Å². The van der Waals surface area contributed by atoms with E-state index in [1.165, 1.54) is 6.07 Å². The molecule has 0 bridgehead atoms. The zero-order chi connectivity index (χ0) is 16.0. The summed E-state index contributed by atoms with van der Waals surface area (Å²) >= 11 is 0. The van der Waals surface area contributed by atoms with Crippen LogP contribution in [-0.4, -0.2) is 37.2 Å². The highest BCUT2D eigenvalue weighted by molar-refractivity contribution is 5.36. The van der Waals surface area contributed by atoms with Crippen molar-refractivity contribution in [2.75, 3.05) is 20.2 Å². The molecule has 0 heterocycles. The number of halogens is 1. The van der Waals surface area contributed by atoms with Gasteiger partial charge in [0.05, 0.1) is 7.11 Å². The number of benzene rings is 1. The van der Waals surface area contributed by atoms with Crippen molar-refractivity contribution in [3.8, 4) is 5.75 Å². The van der Waals surface area contributed by atoms with Gasteiger partial charge in [-0.1, -0.05) is 6.07 Å². The van der Waals surface area contributed by atoms with Gasteiger partial charge in [0.15, 0.2) is 0 Å². The molecule has 4 heteroatoms. The van der Waals surface area contributed by atoms with Crippen molar-refractivity contribution in [3.63, 3.8) is 0 Å². The van der Waals surface area contributed by atoms with E-state index in [0.29, 0.717) is 23.4 Å². The summed E-state index contributed by atoms with van der Waals surface area (Å²) in [4.78, 5) is 2.41. The molecule has 0 aliphatic rings. The molecule has 1 atom stereocenters. The van der Waals surface area contributed by atoms with Crippen LogP contribution in [0.15, 0.2) is 18.2 Å². The minimum atomic E-state index is -0.223. The topological polar surface area (TPSA) is 24.5 Å². The van der Waals surface area contributed by atoms with Crippen LogP contribution in [0.25, 0.3) is 0 Å². The molecule has 0 aliphatic carbocycles. The minimum absolute atomic E-state index is 0.0812. The number of nitrogens with one attached hydrogen (secondary N) is 1. The Balaban J connectivity index is 2.64. The third-order valence-corrected chi connectivity index (χ3v) is 3.81. The lowest BCUT2D eigenvalue weighted by Crippen LogP contribution is -2.41. The maximum atomic E-state index is 14.0. The molecule has 0 fully saturated rings. The van der Waals surface area contributed by atoms with Crippen LogP contribution in [0.4, 0.5) is 4.39 Å². The molecular weight excluding hydrogens is 267 g/mol. The highest BCUT2D eigenvalue weighted by atomic mass is 19.1. The first-order chi connectivity index (χ1) is 9.88. The van der Waals surface area contributed by atoms with E-state index >= 15 is 0 Å². The predicted molar refractivity (Wildman–Crippen MR) is 86.3 cm³/mol. The quantitative estimate of drug-likeness (QED) is 0.793. The number of ether oxygens (including phenoxy) is 1. The van der Waals surface area contributed by atoms with Crippen LogP contribution in [0.1, 0.15) is 46.2 Å². The molecule has 1 unspecified atom stereocenters. The zero-order valence-corrected chi connectivity index (χ0v) is 14.1. The number of hydrogen-bond donors (Lipinski definition) is 1. The van der Waals surface area contributed by atoms with Gasteiger partial charge in [-0.2, -0.15) is 0 Å². The average molecular weight is 296 g/mol. The van der Waals surface area contributed by atoms with Gasteiger partial charge >= 0.3 is 0 Å². The molecule has 1 aromatic carbocycles. The van der Waals surface area contributed by atoms with Crippen LogP contribution in [0.2, 0.25) is 0 Å². The number of rotatable bonds is 8. The van der Waals surface area contributed by atoms with Crippen molar-refractivity contribution in [2.45, 2.75) is 52.7 Å². The Morgan fingerprint density at radius 2 is 1.76 bits per heavy atom. The first-order valence-electron chi connectivity index (χ1n) is 7.70. The fourth-order valence-corrected chi connectivity index (χ4v) is 2.74. The van der Waals surface area contributed by atoms with E-state index in [0.717, 1.165) is 13.1 Å². The summed E-state index contributed by atoms with van der Waals surface area (Å²) in [6.45, 7) is 12.5. The molecule has 0 spiro atoms. The van der Waals surface area contributed by atoms with Gasteiger partial charge in [0.25, 0.3) is 0 Å². The Kier molecular flexibility index (Phi) is 7.12. The van der Waals surface area contributed by atoms with Gasteiger partial charge in [-0.15, -0.1) is 0 Å². The van der Waals surface area contributed by atoms with E-state index in [1.807, 2.05) is 6.92 Å². The third kappa shape index (κ3) is 4.97. The summed E-state index contributed by atoms with van der Waals surface area (Å²) in [6, 6.07) is 5.87. The molecule has 0 saturated heterocycles. The Morgan fingerprint density at radius 1 is 1.14 bits per heavy atom. The van der Waals surface area contributed by atoms with Crippen molar-refractivity contribution in [1.29, 1.82) is 0 Å². The molecule has 120 valence electrons. The Bertz CT molecular complexity index is 427. The van der Waals surface area contributed by atoms with Crippen LogP contribution >= 0.6 is 0 Å². The molecular formula is C17H29FN2O. The average Bonchev–Trinajstić information content (AvgIpc) is 2.41. The molecule has 1 rings (SSSR count). The van der Waals surface area contributed by atoms with Gasteiger partial charge in [-0.3, -0.25) is 4.90 Å². The second-order valence-electron chi connectivity index (χ2n) is 5.96. The van der Waals surface area contributed by atoms with Crippen molar-refractivity contribution >= 4 is 0 Å². The number of nitrogens with zero attached hydrogens (tertiary/aromatic N) is 1. The predicted octanol–water partition coefficient (Wildman–Crippen LogP) is 3.60. The summed E-state index contributed by atoms with van der Waals surface area (Å²) in [5.74, 6) is 0.374. The highest BCUT2D eigenvalue weighted by Crippen LogP contribution is 2.27. The molecule has 0 amide bonds. The molecule has 1 aromatic rings. The highest BCUT2D eigenvalue weighted by Gasteiger charge is 2.17. The fraction of sp³-hybridized carbons (Fsp3) is 0.647. The maximum Gasteiger partial charge on any atom is 0.131 e. The smallest absolute Gasteiger partial charge is 0.131 e. The van der Waals surface area contributed by atoms with E-state index < -0.39 is 0 Å². The Hall–Kier alpha value is -1.13. The third-order valence-electron chi connectivity index (χ3n) is 3.81. The summed E-state index contributed by atoms with van der Waals surface area (Å²) in [7, 11) is 1.57. The molecule has 1 N–H and O–H groups in total. The zero-order valence-electron chi connectivity index (χ0n) is 14.1. The van der Waals surface area contributed by atoms with Crippen molar-refractivity contribution in [3.05, 3.63) is 29.6 Å². The van der Waals surface area contributed by atoms with Gasteiger partial charge < -0.3 is 10.1 Å². The Labute approximate surface area is 128 Å². The van der Waals surface area contributed by atoms with Gasteiger partial charge in [0.2, 0.25) is 0 Å². The SMILES string of the molecule is COc1cccc(F)c1C(C)NCCN(C(C)C)C(C)C. The summed E-state index contributed by atoms with van der Waals surface area (Å²) in [6.07, 6.45) is 0. The lowest BCUT2D eigenvalue weighted by Gasteiger charge is -2.31. The van der Waals surface area contributed by atoms with Crippen LogP contribution in [0.5, 0.6) is 5.75 Å². The minimum Gasteiger partial charge on any atom is -0.496 e. The van der Waals surface area contributed by atoms with Gasteiger partial charge in [0.1, 0.15) is 11.6 Å². The van der Waals surface area contributed by atoms with Crippen molar-refractivity contribution in [1.82, 2.24) is 10.2 Å². The van der Waals surface area contributed by atoms with Gasteiger partial charge in [0, 0.05) is 36.8 Å². The first kappa shape index (κ1) is 17.9. The van der Waals surface area contributed by atoms with Crippen LogP contribution in [-0.2, 0) is 0 Å². The van der Waals surface area contributed by atoms with Crippen LogP contribution in [0.3, 0.4) is 0 Å². The first-order valence-corrected chi connectivity index (χ1v) is 7.70. The number of hydrogen-bond acceptors (Lipinski definition) is 3. The van der Waals surface area contributed by atoms with Crippen molar-refractivity contribution in [2.24, 2.45) is 0 Å². The second kappa shape index (κ2) is 8.35. The second-order valence-corrected chi connectivity index (χ2v) is 5.96. The van der Waals surface area contributed by atoms with E-state index in [9.17, 15) is 4.39 Å². The van der Waals surface area contributed by atoms with Gasteiger partial charge in [-0.05, 0) is 46.8 Å². The molecule has 21 heavy (non-hydrogen) atoms. The van der Waals surface area contributed by atoms with E-state index in [4.69, 9.17) is 4.74 Å². The lowest BCUT2D eigenvalue weighted by molar-refractivity contribution is 0.174. The summed E-state index contributed by atoms with van der Waals surface area (Å²) < 4.78 is 19.3. The van der Waals surface area contributed by atoms with Crippen molar-refractivity contribution < 1.29 is 9.13 Å².